The molecule has 0 aliphatic carbocycles. The Morgan fingerprint density at radius 2 is 1.82 bits per heavy atom. The molecule has 1 aliphatic rings. The molecule has 1 aromatic carbocycles. The van der Waals surface area contributed by atoms with Crippen molar-refractivity contribution in [2.75, 3.05) is 51.3 Å². The quantitative estimate of drug-likeness (QED) is 0.724. The van der Waals surface area contributed by atoms with Gasteiger partial charge in [-0.25, -0.2) is 4.98 Å². The van der Waals surface area contributed by atoms with E-state index in [1.165, 1.54) is 11.3 Å². The number of rotatable bonds is 8. The third kappa shape index (κ3) is 4.74. The van der Waals surface area contributed by atoms with E-state index in [-0.39, 0.29) is 6.42 Å². The summed E-state index contributed by atoms with van der Waals surface area (Å²) >= 11 is 1.47. The molecule has 0 unspecified atom stereocenters. The van der Waals surface area contributed by atoms with Crippen LogP contribution in [0.3, 0.4) is 0 Å². The van der Waals surface area contributed by atoms with Crippen LogP contribution in [0.15, 0.2) is 18.2 Å². The van der Waals surface area contributed by atoms with Crippen LogP contribution in [0, 0.1) is 0 Å². The minimum absolute atomic E-state index is 0.0437. The van der Waals surface area contributed by atoms with Crippen LogP contribution in [-0.2, 0) is 11.2 Å². The van der Waals surface area contributed by atoms with Crippen LogP contribution in [0.1, 0.15) is 18.7 Å². The molecule has 28 heavy (non-hydrogen) atoms. The summed E-state index contributed by atoms with van der Waals surface area (Å²) in [5, 5.41) is 10.2. The highest BCUT2D eigenvalue weighted by Crippen LogP contribution is 2.38. The molecule has 0 bridgehead atoms. The van der Waals surface area contributed by atoms with Crippen molar-refractivity contribution in [1.82, 2.24) is 9.88 Å². The van der Waals surface area contributed by atoms with Crippen molar-refractivity contribution in [3.8, 4) is 22.8 Å². The molecule has 152 valence electrons. The molecule has 3 rings (SSSR count). The molecule has 0 saturated carbocycles. The summed E-state index contributed by atoms with van der Waals surface area (Å²) in [6.45, 7) is 8.65. The SMILES string of the molecule is CCOc1ccc(-c2nc(N3CCN(C)CC3)sc2CC(=O)O)cc1OCC. The fourth-order valence-electron chi connectivity index (χ4n) is 3.15. The van der Waals surface area contributed by atoms with E-state index in [9.17, 15) is 9.90 Å². The molecule has 0 radical (unpaired) electrons. The Labute approximate surface area is 169 Å². The maximum absolute atomic E-state index is 11.4. The Hall–Kier alpha value is -2.32. The van der Waals surface area contributed by atoms with Crippen LogP contribution in [-0.4, -0.2) is 67.4 Å². The third-order valence-electron chi connectivity index (χ3n) is 4.59. The molecule has 0 amide bonds. The summed E-state index contributed by atoms with van der Waals surface area (Å²) in [6.07, 6.45) is -0.0437. The summed E-state index contributed by atoms with van der Waals surface area (Å²) in [5.74, 6) is 0.477. The Morgan fingerprint density at radius 1 is 1.14 bits per heavy atom. The average Bonchev–Trinajstić information content (AvgIpc) is 3.07. The summed E-state index contributed by atoms with van der Waals surface area (Å²) in [5.41, 5.74) is 1.56. The number of thiazole rings is 1. The second kappa shape index (κ2) is 9.25. The zero-order valence-corrected chi connectivity index (χ0v) is 17.4. The first-order valence-electron chi connectivity index (χ1n) is 9.56. The van der Waals surface area contributed by atoms with Gasteiger partial charge in [0.2, 0.25) is 0 Å². The van der Waals surface area contributed by atoms with Crippen molar-refractivity contribution < 1.29 is 19.4 Å². The molecule has 2 heterocycles. The Balaban J connectivity index is 1.97. The van der Waals surface area contributed by atoms with Crippen LogP contribution in [0.2, 0.25) is 0 Å². The Kier molecular flexibility index (Phi) is 6.74. The topological polar surface area (TPSA) is 75.1 Å². The number of aliphatic carboxylic acids is 1. The van der Waals surface area contributed by atoms with Gasteiger partial charge in [-0.2, -0.15) is 0 Å². The molecular weight excluding hydrogens is 378 g/mol. The number of likely N-dealkylation sites (N-methyl/N-ethyl adjacent to an activating group) is 1. The van der Waals surface area contributed by atoms with E-state index in [2.05, 4.69) is 16.8 Å². The fraction of sp³-hybridized carbons (Fsp3) is 0.500. The second-order valence-electron chi connectivity index (χ2n) is 6.66. The van der Waals surface area contributed by atoms with E-state index in [0.717, 1.165) is 41.8 Å². The van der Waals surface area contributed by atoms with E-state index in [1.54, 1.807) is 0 Å². The number of carbonyl (C=O) groups is 1. The summed E-state index contributed by atoms with van der Waals surface area (Å²) in [6, 6.07) is 5.67. The normalized spacial score (nSPS) is 14.9. The predicted octanol–water partition coefficient (Wildman–Crippen LogP) is 2.99. The highest BCUT2D eigenvalue weighted by Gasteiger charge is 2.22. The standard InChI is InChI=1S/C20H27N3O4S/c1-4-26-15-7-6-14(12-16(15)27-5-2)19-17(13-18(24)25)28-20(21-19)23-10-8-22(3)9-11-23/h6-7,12H,4-5,8-11,13H2,1-3H3,(H,24,25). The maximum Gasteiger partial charge on any atom is 0.308 e. The van der Waals surface area contributed by atoms with Gasteiger partial charge in [-0.15, -0.1) is 11.3 Å². The highest BCUT2D eigenvalue weighted by molar-refractivity contribution is 7.16. The van der Waals surface area contributed by atoms with Crippen molar-refractivity contribution in [2.45, 2.75) is 20.3 Å². The van der Waals surface area contributed by atoms with Gasteiger partial charge in [-0.05, 0) is 39.1 Å². The molecule has 1 fully saturated rings. The van der Waals surface area contributed by atoms with Crippen LogP contribution in [0.4, 0.5) is 5.13 Å². The lowest BCUT2D eigenvalue weighted by Gasteiger charge is -2.32. The van der Waals surface area contributed by atoms with Gasteiger partial charge in [-0.1, -0.05) is 0 Å². The van der Waals surface area contributed by atoms with Crippen molar-refractivity contribution in [2.24, 2.45) is 0 Å². The van der Waals surface area contributed by atoms with Crippen molar-refractivity contribution in [3.05, 3.63) is 23.1 Å². The first kappa shape index (κ1) is 20.4. The largest absolute Gasteiger partial charge is 0.490 e. The molecule has 2 aromatic rings. The average molecular weight is 406 g/mol. The molecule has 8 heteroatoms. The van der Waals surface area contributed by atoms with Crippen LogP contribution >= 0.6 is 11.3 Å². The molecule has 1 saturated heterocycles. The second-order valence-corrected chi connectivity index (χ2v) is 7.72. The number of benzene rings is 1. The van der Waals surface area contributed by atoms with E-state index in [4.69, 9.17) is 14.5 Å². The highest BCUT2D eigenvalue weighted by atomic mass is 32.1. The van der Waals surface area contributed by atoms with Crippen LogP contribution in [0.5, 0.6) is 11.5 Å². The minimum Gasteiger partial charge on any atom is -0.490 e. The minimum atomic E-state index is -0.856. The van der Waals surface area contributed by atoms with Gasteiger partial charge in [0.1, 0.15) is 0 Å². The number of nitrogens with zero attached hydrogens (tertiary/aromatic N) is 3. The predicted molar refractivity (Wildman–Crippen MR) is 111 cm³/mol. The van der Waals surface area contributed by atoms with Gasteiger partial charge in [-0.3, -0.25) is 4.79 Å². The molecule has 1 aromatic heterocycles. The molecular formula is C20H27N3O4S. The fourth-order valence-corrected chi connectivity index (χ4v) is 4.28. The number of hydrogen-bond acceptors (Lipinski definition) is 7. The molecule has 1 aliphatic heterocycles. The zero-order chi connectivity index (χ0) is 20.1. The van der Waals surface area contributed by atoms with Gasteiger partial charge in [0.15, 0.2) is 16.6 Å². The van der Waals surface area contributed by atoms with E-state index < -0.39 is 5.97 Å². The lowest BCUT2D eigenvalue weighted by molar-refractivity contribution is -0.136. The lowest BCUT2D eigenvalue weighted by atomic mass is 10.1. The number of anilines is 1. The van der Waals surface area contributed by atoms with Crippen LogP contribution < -0.4 is 14.4 Å². The van der Waals surface area contributed by atoms with E-state index >= 15 is 0 Å². The first-order valence-corrected chi connectivity index (χ1v) is 10.4. The number of aromatic nitrogens is 1. The Morgan fingerprint density at radius 3 is 2.46 bits per heavy atom. The molecule has 0 atom stereocenters. The zero-order valence-electron chi connectivity index (χ0n) is 16.6. The number of carboxylic acids is 1. The Bertz CT molecular complexity index is 816. The van der Waals surface area contributed by atoms with Gasteiger partial charge in [0.25, 0.3) is 0 Å². The number of ether oxygens (including phenoxy) is 2. The summed E-state index contributed by atoms with van der Waals surface area (Å²) < 4.78 is 11.4. The van der Waals surface area contributed by atoms with Gasteiger partial charge in [0.05, 0.1) is 25.3 Å². The van der Waals surface area contributed by atoms with Gasteiger partial charge in [0, 0.05) is 36.6 Å². The van der Waals surface area contributed by atoms with E-state index in [1.807, 2.05) is 32.0 Å². The van der Waals surface area contributed by atoms with Gasteiger partial charge >= 0.3 is 5.97 Å². The summed E-state index contributed by atoms with van der Waals surface area (Å²) in [4.78, 5) is 21.5. The number of carboxylic acid groups (broad SMARTS) is 1. The molecule has 0 spiro atoms. The number of piperazine rings is 1. The van der Waals surface area contributed by atoms with Crippen LogP contribution in [0.25, 0.3) is 11.3 Å². The first-order chi connectivity index (χ1) is 13.5. The molecule has 7 nitrogen and oxygen atoms in total. The van der Waals surface area contributed by atoms with Crippen molar-refractivity contribution in [3.63, 3.8) is 0 Å². The summed E-state index contributed by atoms with van der Waals surface area (Å²) in [7, 11) is 2.11. The lowest BCUT2D eigenvalue weighted by Crippen LogP contribution is -2.44. The van der Waals surface area contributed by atoms with E-state index in [0.29, 0.717) is 30.4 Å². The third-order valence-corrected chi connectivity index (χ3v) is 5.70. The van der Waals surface area contributed by atoms with Crippen molar-refractivity contribution in [1.29, 1.82) is 0 Å². The van der Waals surface area contributed by atoms with Crippen molar-refractivity contribution >= 4 is 22.4 Å². The monoisotopic (exact) mass is 405 g/mol. The smallest absolute Gasteiger partial charge is 0.308 e. The molecule has 1 N–H and O–H groups in total. The van der Waals surface area contributed by atoms with Gasteiger partial charge < -0.3 is 24.4 Å². The number of hydrogen-bond donors (Lipinski definition) is 1. The maximum atomic E-state index is 11.4.